The number of ether oxygens (including phenoxy) is 2. The zero-order chi connectivity index (χ0) is 15.3. The topological polar surface area (TPSA) is 38.8 Å². The molecule has 112 valence electrons. The number of halogens is 8. The lowest BCUT2D eigenvalue weighted by molar-refractivity contribution is -0.561. The molecule has 0 bridgehead atoms. The second-order valence-electron chi connectivity index (χ2n) is 3.38. The molecule has 1 fully saturated rings. The Hall–Kier alpha value is -1.17. The molecule has 0 aliphatic carbocycles. The summed E-state index contributed by atoms with van der Waals surface area (Å²) >= 11 is 0. The van der Waals surface area contributed by atoms with E-state index in [9.17, 15) is 39.9 Å². The van der Waals surface area contributed by atoms with Crippen molar-refractivity contribution in [1.29, 1.82) is 0 Å². The molecule has 4 nitrogen and oxygen atoms in total. The van der Waals surface area contributed by atoms with Crippen LogP contribution in [0.4, 0.5) is 35.1 Å². The third kappa shape index (κ3) is 2.22. The third-order valence-corrected chi connectivity index (χ3v) is 2.15. The maximum atomic E-state index is 13.0. The maximum Gasteiger partial charge on any atom is 0.439 e. The van der Waals surface area contributed by atoms with Crippen LogP contribution in [0, 0.1) is 0 Å². The van der Waals surface area contributed by atoms with Crippen LogP contribution in [-0.2, 0) is 14.3 Å². The van der Waals surface area contributed by atoms with Crippen molar-refractivity contribution in [3.63, 3.8) is 0 Å². The van der Waals surface area contributed by atoms with Crippen LogP contribution in [0.1, 0.15) is 0 Å². The van der Waals surface area contributed by atoms with Gasteiger partial charge in [0.05, 0.1) is 7.11 Å². The second kappa shape index (κ2) is 4.16. The van der Waals surface area contributed by atoms with Gasteiger partial charge in [-0.15, -0.1) is 0 Å². The molecule has 12 heteroatoms. The zero-order valence-electron chi connectivity index (χ0n) is 8.90. The van der Waals surface area contributed by atoms with Gasteiger partial charge in [0.15, 0.2) is 0 Å². The summed E-state index contributed by atoms with van der Waals surface area (Å²) < 4.78 is 109. The van der Waals surface area contributed by atoms with Gasteiger partial charge in [-0.3, -0.25) is 4.79 Å². The minimum absolute atomic E-state index is 0.565. The molecule has 19 heavy (non-hydrogen) atoms. The summed E-state index contributed by atoms with van der Waals surface area (Å²) in [5, 5.41) is 0. The van der Waals surface area contributed by atoms with E-state index < -0.39 is 41.7 Å². The van der Waals surface area contributed by atoms with E-state index >= 15 is 0 Å². The molecular formula is C7H5F8NO3. The van der Waals surface area contributed by atoms with E-state index in [0.717, 1.165) is 0 Å². The molecule has 0 aromatic heterocycles. The lowest BCUT2D eigenvalue weighted by atomic mass is 10.2. The SMILES string of the molecule is COC(=O)CN1C(F)(F)C(F)(F)OC(F)(F)C1(F)F. The molecule has 0 radical (unpaired) electrons. The summed E-state index contributed by atoms with van der Waals surface area (Å²) in [5.74, 6) is -1.84. The molecule has 1 heterocycles. The van der Waals surface area contributed by atoms with E-state index in [2.05, 4.69) is 9.47 Å². The van der Waals surface area contributed by atoms with Crippen molar-refractivity contribution in [2.75, 3.05) is 13.7 Å². The Morgan fingerprint density at radius 1 is 1.00 bits per heavy atom. The fourth-order valence-electron chi connectivity index (χ4n) is 1.17. The highest BCUT2D eigenvalue weighted by Crippen LogP contribution is 2.55. The fourth-order valence-corrected chi connectivity index (χ4v) is 1.17. The Morgan fingerprint density at radius 2 is 1.37 bits per heavy atom. The average Bonchev–Trinajstić information content (AvgIpc) is 2.21. The molecule has 1 saturated heterocycles. The average molecular weight is 303 g/mol. The first-order valence-corrected chi connectivity index (χ1v) is 4.35. The highest BCUT2D eigenvalue weighted by molar-refractivity contribution is 5.71. The monoisotopic (exact) mass is 303 g/mol. The first kappa shape index (κ1) is 15.9. The number of alkyl halides is 8. The van der Waals surface area contributed by atoms with Gasteiger partial charge in [-0.2, -0.15) is 40.0 Å². The van der Waals surface area contributed by atoms with Crippen LogP contribution in [0.5, 0.6) is 0 Å². The predicted octanol–water partition coefficient (Wildman–Crippen LogP) is 1.86. The zero-order valence-corrected chi connectivity index (χ0v) is 8.90. The van der Waals surface area contributed by atoms with Crippen LogP contribution in [0.2, 0.25) is 0 Å². The summed E-state index contributed by atoms with van der Waals surface area (Å²) in [4.78, 5) is 8.65. The number of carbonyl (C=O) groups excluding carboxylic acids is 1. The first-order chi connectivity index (χ1) is 8.29. The van der Waals surface area contributed by atoms with Crippen LogP contribution >= 0.6 is 0 Å². The van der Waals surface area contributed by atoms with Gasteiger partial charge in [0, 0.05) is 0 Å². The van der Waals surface area contributed by atoms with Gasteiger partial charge in [0.1, 0.15) is 6.54 Å². The van der Waals surface area contributed by atoms with Crippen molar-refractivity contribution in [3.05, 3.63) is 0 Å². The standard InChI is InChI=1S/C7H5F8NO3/c1-18-3(17)2-16-4(8,9)6(12,13)19-7(14,15)5(16,10)11/h2H2,1H3. The third-order valence-electron chi connectivity index (χ3n) is 2.15. The summed E-state index contributed by atoms with van der Waals surface area (Å²) in [6, 6.07) is -11.7. The highest BCUT2D eigenvalue weighted by atomic mass is 19.4. The molecule has 1 aliphatic heterocycles. The van der Waals surface area contributed by atoms with Gasteiger partial charge < -0.3 is 4.74 Å². The van der Waals surface area contributed by atoms with Crippen LogP contribution in [0.25, 0.3) is 0 Å². The number of esters is 1. The van der Waals surface area contributed by atoms with E-state index in [1.165, 1.54) is 0 Å². The summed E-state index contributed by atoms with van der Waals surface area (Å²) in [5.41, 5.74) is 0. The Balaban J connectivity index is 3.29. The first-order valence-electron chi connectivity index (χ1n) is 4.35. The van der Waals surface area contributed by atoms with Gasteiger partial charge in [-0.05, 0) is 0 Å². The maximum absolute atomic E-state index is 13.0. The van der Waals surface area contributed by atoms with Crippen molar-refractivity contribution < 1.29 is 49.4 Å². The number of carbonyl (C=O) groups is 1. The van der Waals surface area contributed by atoms with Gasteiger partial charge >= 0.3 is 30.3 Å². The molecule has 0 spiro atoms. The Labute approximate surface area is 99.4 Å². The van der Waals surface area contributed by atoms with Gasteiger partial charge in [0.25, 0.3) is 0 Å². The number of methoxy groups -OCH3 is 1. The minimum atomic E-state index is -5.92. The summed E-state index contributed by atoms with van der Waals surface area (Å²) in [7, 11) is 0.565. The smallest absolute Gasteiger partial charge is 0.439 e. The molecule has 0 unspecified atom stereocenters. The molecule has 0 N–H and O–H groups in total. The number of morpholine rings is 1. The van der Waals surface area contributed by atoms with E-state index in [1.807, 2.05) is 0 Å². The van der Waals surface area contributed by atoms with Gasteiger partial charge in [-0.1, -0.05) is 0 Å². The van der Waals surface area contributed by atoms with Crippen molar-refractivity contribution in [2.24, 2.45) is 0 Å². The Kier molecular flexibility index (Phi) is 3.48. The number of nitrogens with zero attached hydrogens (tertiary/aromatic N) is 1. The van der Waals surface area contributed by atoms with E-state index in [0.29, 0.717) is 7.11 Å². The molecule has 1 rings (SSSR count). The van der Waals surface area contributed by atoms with E-state index in [4.69, 9.17) is 0 Å². The molecular weight excluding hydrogens is 298 g/mol. The quantitative estimate of drug-likeness (QED) is 0.443. The van der Waals surface area contributed by atoms with Crippen LogP contribution in [-0.4, -0.2) is 48.8 Å². The largest absolute Gasteiger partial charge is 0.468 e. The lowest BCUT2D eigenvalue weighted by Crippen LogP contribution is -2.74. The highest BCUT2D eigenvalue weighted by Gasteiger charge is 2.82. The number of rotatable bonds is 2. The van der Waals surface area contributed by atoms with E-state index in [1.54, 1.807) is 0 Å². The molecule has 0 saturated carbocycles. The van der Waals surface area contributed by atoms with Crippen molar-refractivity contribution in [2.45, 2.75) is 24.3 Å². The van der Waals surface area contributed by atoms with Crippen LogP contribution in [0.15, 0.2) is 0 Å². The van der Waals surface area contributed by atoms with Crippen molar-refractivity contribution >= 4 is 5.97 Å². The lowest BCUT2D eigenvalue weighted by Gasteiger charge is -2.46. The van der Waals surface area contributed by atoms with Crippen molar-refractivity contribution in [3.8, 4) is 0 Å². The van der Waals surface area contributed by atoms with Crippen LogP contribution in [0.3, 0.4) is 0 Å². The van der Waals surface area contributed by atoms with E-state index in [-0.39, 0.29) is 0 Å². The summed E-state index contributed by atoms with van der Waals surface area (Å²) in [6.45, 7) is -2.19. The predicted molar refractivity (Wildman–Crippen MR) is 39.6 cm³/mol. The molecule has 0 aromatic carbocycles. The molecule has 1 aliphatic rings. The second-order valence-corrected chi connectivity index (χ2v) is 3.38. The molecule has 0 amide bonds. The van der Waals surface area contributed by atoms with Crippen molar-refractivity contribution in [1.82, 2.24) is 4.90 Å². The number of hydrogen-bond acceptors (Lipinski definition) is 4. The Bertz CT molecular complexity index is 359. The normalized spacial score (nSPS) is 27.8. The minimum Gasteiger partial charge on any atom is -0.468 e. The van der Waals surface area contributed by atoms with Gasteiger partial charge in [0.2, 0.25) is 0 Å². The number of hydrogen-bond donors (Lipinski definition) is 0. The molecule has 0 aromatic rings. The van der Waals surface area contributed by atoms with Crippen LogP contribution < -0.4 is 0 Å². The Morgan fingerprint density at radius 3 is 1.68 bits per heavy atom. The summed E-state index contributed by atoms with van der Waals surface area (Å²) in [6.07, 6.45) is -11.8. The van der Waals surface area contributed by atoms with Gasteiger partial charge in [-0.25, -0.2) is 4.74 Å². The molecule has 0 atom stereocenters. The fraction of sp³-hybridized carbons (Fsp3) is 0.857.